The van der Waals surface area contributed by atoms with Crippen molar-refractivity contribution in [2.45, 2.75) is 54.0 Å². The third-order valence-electron chi connectivity index (χ3n) is 3.24. The lowest BCUT2D eigenvalue weighted by Crippen LogP contribution is -2.40. The molecule has 0 aromatic heterocycles. The van der Waals surface area contributed by atoms with Crippen LogP contribution in [-0.2, 0) is 4.79 Å². The van der Waals surface area contributed by atoms with Crippen LogP contribution in [0.2, 0.25) is 0 Å². The van der Waals surface area contributed by atoms with Gasteiger partial charge in [-0.15, -0.1) is 0 Å². The number of aliphatic hydroxyl groups is 1. The number of hydrogen-bond donors (Lipinski definition) is 1. The highest BCUT2D eigenvalue weighted by molar-refractivity contribution is 5.76. The highest BCUT2D eigenvalue weighted by atomic mass is 16.3. The summed E-state index contributed by atoms with van der Waals surface area (Å²) in [5, 5.41) is 8.93. The Kier molecular flexibility index (Phi) is 6.01. The van der Waals surface area contributed by atoms with Gasteiger partial charge in [-0.05, 0) is 25.2 Å². The fourth-order valence-electron chi connectivity index (χ4n) is 1.46. The quantitative estimate of drug-likeness (QED) is 0.785. The second-order valence-corrected chi connectivity index (χ2v) is 5.88. The lowest BCUT2D eigenvalue weighted by Gasteiger charge is -2.31. The number of carbonyl (C=O) groups excluding carboxylic acids is 1. The van der Waals surface area contributed by atoms with Crippen molar-refractivity contribution >= 4 is 5.91 Å². The van der Waals surface area contributed by atoms with Crippen molar-refractivity contribution in [3.63, 3.8) is 0 Å². The molecular weight excluding hydrogens is 202 g/mol. The Morgan fingerprint density at radius 1 is 1.25 bits per heavy atom. The fourth-order valence-corrected chi connectivity index (χ4v) is 1.46. The van der Waals surface area contributed by atoms with Gasteiger partial charge in [0.25, 0.3) is 0 Å². The summed E-state index contributed by atoms with van der Waals surface area (Å²) in [6, 6.07) is 0.159. The maximum Gasteiger partial charge on any atom is 0.223 e. The first-order valence-corrected chi connectivity index (χ1v) is 6.10. The molecule has 1 N–H and O–H groups in total. The van der Waals surface area contributed by atoms with Gasteiger partial charge in [0, 0.05) is 19.0 Å². The first kappa shape index (κ1) is 15.4. The van der Waals surface area contributed by atoms with E-state index in [1.165, 1.54) is 0 Å². The Labute approximate surface area is 99.8 Å². The van der Waals surface area contributed by atoms with Gasteiger partial charge in [-0.2, -0.15) is 0 Å². The zero-order valence-electron chi connectivity index (χ0n) is 11.6. The maximum absolute atomic E-state index is 12.0. The van der Waals surface area contributed by atoms with Crippen molar-refractivity contribution in [1.29, 1.82) is 0 Å². The van der Waals surface area contributed by atoms with Gasteiger partial charge in [0.05, 0.1) is 6.61 Å². The van der Waals surface area contributed by atoms with Crippen LogP contribution < -0.4 is 0 Å². The maximum atomic E-state index is 12.0. The Morgan fingerprint density at radius 3 is 2.06 bits per heavy atom. The highest BCUT2D eigenvalue weighted by Gasteiger charge is 2.25. The van der Waals surface area contributed by atoms with E-state index in [0.717, 1.165) is 0 Å². The van der Waals surface area contributed by atoms with Gasteiger partial charge in [0.15, 0.2) is 0 Å². The van der Waals surface area contributed by atoms with Crippen molar-refractivity contribution in [2.24, 2.45) is 11.3 Å². The van der Waals surface area contributed by atoms with Crippen LogP contribution in [-0.4, -0.2) is 35.1 Å². The highest BCUT2D eigenvalue weighted by Crippen LogP contribution is 2.28. The third-order valence-corrected chi connectivity index (χ3v) is 3.24. The summed E-state index contributed by atoms with van der Waals surface area (Å²) >= 11 is 0. The average molecular weight is 229 g/mol. The van der Waals surface area contributed by atoms with Crippen molar-refractivity contribution < 1.29 is 9.90 Å². The Bertz CT molecular complexity index is 218. The van der Waals surface area contributed by atoms with Gasteiger partial charge in [-0.25, -0.2) is 0 Å². The van der Waals surface area contributed by atoms with Crippen LogP contribution in [0.4, 0.5) is 0 Å². The van der Waals surface area contributed by atoms with E-state index in [0.29, 0.717) is 18.9 Å². The summed E-state index contributed by atoms with van der Waals surface area (Å²) in [5.74, 6) is 0.492. The zero-order valence-corrected chi connectivity index (χ0v) is 11.6. The van der Waals surface area contributed by atoms with Gasteiger partial charge < -0.3 is 10.0 Å². The second-order valence-electron chi connectivity index (χ2n) is 5.88. The number of nitrogens with zero attached hydrogens (tertiary/aromatic N) is 1. The topological polar surface area (TPSA) is 40.5 Å². The number of amides is 1. The molecule has 3 heteroatoms. The Hall–Kier alpha value is -0.570. The van der Waals surface area contributed by atoms with Crippen LogP contribution in [0, 0.1) is 11.3 Å². The van der Waals surface area contributed by atoms with E-state index in [4.69, 9.17) is 5.11 Å². The summed E-state index contributed by atoms with van der Waals surface area (Å²) < 4.78 is 0. The summed E-state index contributed by atoms with van der Waals surface area (Å²) in [7, 11) is 0. The second kappa shape index (κ2) is 6.24. The van der Waals surface area contributed by atoms with E-state index < -0.39 is 0 Å². The van der Waals surface area contributed by atoms with Crippen molar-refractivity contribution in [1.82, 2.24) is 4.90 Å². The summed E-state index contributed by atoms with van der Waals surface area (Å²) in [6.07, 6.45) is 0.557. The minimum absolute atomic E-state index is 0.0355. The number of hydrogen-bond acceptors (Lipinski definition) is 2. The third kappa shape index (κ3) is 4.97. The first-order valence-electron chi connectivity index (χ1n) is 6.10. The van der Waals surface area contributed by atoms with Gasteiger partial charge in [0.1, 0.15) is 0 Å². The molecular formula is C13H27NO2. The summed E-state index contributed by atoms with van der Waals surface area (Å²) in [4.78, 5) is 13.8. The molecule has 1 amide bonds. The molecule has 0 fully saturated rings. The first-order chi connectivity index (χ1) is 7.20. The minimum Gasteiger partial charge on any atom is -0.395 e. The molecule has 0 radical (unpaired) electrons. The molecule has 0 saturated carbocycles. The van der Waals surface area contributed by atoms with E-state index in [1.54, 1.807) is 4.90 Å². The van der Waals surface area contributed by atoms with Crippen molar-refractivity contribution in [3.8, 4) is 0 Å². The molecule has 1 unspecified atom stereocenters. The predicted molar refractivity (Wildman–Crippen MR) is 67.2 cm³/mol. The minimum atomic E-state index is 0.0355. The lowest BCUT2D eigenvalue weighted by molar-refractivity contribution is -0.135. The van der Waals surface area contributed by atoms with E-state index >= 15 is 0 Å². The largest absolute Gasteiger partial charge is 0.395 e. The number of rotatable bonds is 5. The molecule has 0 aliphatic carbocycles. The molecule has 0 aromatic rings. The molecule has 0 spiro atoms. The van der Waals surface area contributed by atoms with E-state index in [9.17, 15) is 4.79 Å². The molecule has 0 bridgehead atoms. The van der Waals surface area contributed by atoms with Crippen LogP contribution in [0.15, 0.2) is 0 Å². The SMILES string of the molecule is CC(C)N(CCO)C(=O)CC(C)C(C)(C)C. The van der Waals surface area contributed by atoms with Crippen molar-refractivity contribution in [3.05, 3.63) is 0 Å². The van der Waals surface area contributed by atoms with E-state index in [-0.39, 0.29) is 24.0 Å². The fraction of sp³-hybridized carbons (Fsp3) is 0.923. The van der Waals surface area contributed by atoms with E-state index in [2.05, 4.69) is 27.7 Å². The molecule has 96 valence electrons. The molecule has 0 heterocycles. The van der Waals surface area contributed by atoms with Gasteiger partial charge in [-0.3, -0.25) is 4.79 Å². The molecule has 1 atom stereocenters. The monoisotopic (exact) mass is 229 g/mol. The van der Waals surface area contributed by atoms with Crippen molar-refractivity contribution in [2.75, 3.05) is 13.2 Å². The average Bonchev–Trinajstić information content (AvgIpc) is 2.11. The van der Waals surface area contributed by atoms with Gasteiger partial charge in [-0.1, -0.05) is 27.7 Å². The van der Waals surface area contributed by atoms with Crippen LogP contribution in [0.1, 0.15) is 48.0 Å². The smallest absolute Gasteiger partial charge is 0.223 e. The van der Waals surface area contributed by atoms with Crippen LogP contribution in [0.25, 0.3) is 0 Å². The molecule has 3 nitrogen and oxygen atoms in total. The standard InChI is InChI=1S/C13H27NO2/c1-10(2)14(7-8-15)12(16)9-11(3)13(4,5)6/h10-11,15H,7-9H2,1-6H3. The summed E-state index contributed by atoms with van der Waals surface area (Å²) in [5.41, 5.74) is 0.150. The lowest BCUT2D eigenvalue weighted by atomic mass is 9.80. The van der Waals surface area contributed by atoms with E-state index in [1.807, 2.05) is 13.8 Å². The van der Waals surface area contributed by atoms with Gasteiger partial charge in [0.2, 0.25) is 5.91 Å². The van der Waals surface area contributed by atoms with Crippen LogP contribution in [0.5, 0.6) is 0 Å². The molecule has 0 aromatic carbocycles. The molecule has 0 aliphatic rings. The molecule has 0 aliphatic heterocycles. The number of carbonyl (C=O) groups is 1. The number of aliphatic hydroxyl groups excluding tert-OH is 1. The Balaban J connectivity index is 4.42. The van der Waals surface area contributed by atoms with Gasteiger partial charge >= 0.3 is 0 Å². The molecule has 16 heavy (non-hydrogen) atoms. The molecule has 0 saturated heterocycles. The Morgan fingerprint density at radius 2 is 1.75 bits per heavy atom. The van der Waals surface area contributed by atoms with Crippen LogP contribution in [0.3, 0.4) is 0 Å². The predicted octanol–water partition coefficient (Wildman–Crippen LogP) is 2.29. The zero-order chi connectivity index (χ0) is 12.9. The summed E-state index contributed by atoms with van der Waals surface area (Å²) in [6.45, 7) is 13.0. The molecule has 0 rings (SSSR count). The normalized spacial score (nSPS) is 14.0. The van der Waals surface area contributed by atoms with Crippen LogP contribution >= 0.6 is 0 Å².